The molecule has 5 atom stereocenters. The largest absolute Gasteiger partial charge is 0.463 e. The molecule has 0 aromatic heterocycles. The highest BCUT2D eigenvalue weighted by Crippen LogP contribution is 2.40. The predicted molar refractivity (Wildman–Crippen MR) is 107 cm³/mol. The highest BCUT2D eigenvalue weighted by atomic mass is 16.7. The van der Waals surface area contributed by atoms with Crippen LogP contribution in [0.2, 0.25) is 0 Å². The summed E-state index contributed by atoms with van der Waals surface area (Å²) in [4.78, 5) is 62.1. The zero-order chi connectivity index (χ0) is 23.6. The van der Waals surface area contributed by atoms with Crippen molar-refractivity contribution in [2.45, 2.75) is 64.1 Å². The van der Waals surface area contributed by atoms with Gasteiger partial charge in [-0.15, -0.1) is 0 Å². The van der Waals surface area contributed by atoms with E-state index in [4.69, 9.17) is 18.9 Å². The van der Waals surface area contributed by atoms with Crippen LogP contribution in [0.4, 0.5) is 0 Å². The van der Waals surface area contributed by atoms with E-state index < -0.39 is 59.7 Å². The lowest BCUT2D eigenvalue weighted by Crippen LogP contribution is -2.51. The summed E-state index contributed by atoms with van der Waals surface area (Å²) in [6.45, 7) is 4.81. The molecule has 10 heteroatoms. The van der Waals surface area contributed by atoms with E-state index in [-0.39, 0.29) is 13.0 Å². The van der Waals surface area contributed by atoms with Crippen molar-refractivity contribution in [3.63, 3.8) is 0 Å². The van der Waals surface area contributed by atoms with Gasteiger partial charge in [0.05, 0.1) is 5.41 Å². The molecule has 10 nitrogen and oxygen atoms in total. The van der Waals surface area contributed by atoms with Crippen molar-refractivity contribution < 1.29 is 42.9 Å². The molecule has 2 heterocycles. The number of carbonyl (C=O) groups excluding carboxylic acids is 5. The number of rotatable bonds is 6. The Balaban J connectivity index is 1.96. The van der Waals surface area contributed by atoms with E-state index in [2.05, 4.69) is 0 Å². The van der Waals surface area contributed by atoms with Crippen LogP contribution < -0.4 is 0 Å². The molecule has 0 saturated carbocycles. The SMILES string of the molecule is CC(=O)OCC1OC(N2C(=O)CC(C)(c3ccccc3)C2=O)C(OC(C)=O)C1OC(C)=O. The van der Waals surface area contributed by atoms with Crippen LogP contribution in [-0.2, 0) is 48.3 Å². The number of hydrogen-bond donors (Lipinski definition) is 0. The summed E-state index contributed by atoms with van der Waals surface area (Å²) >= 11 is 0. The van der Waals surface area contributed by atoms with E-state index in [1.807, 2.05) is 0 Å². The normalized spacial score (nSPS) is 29.7. The Bertz CT molecular complexity index is 931. The molecule has 0 radical (unpaired) electrons. The van der Waals surface area contributed by atoms with Crippen molar-refractivity contribution in [3.05, 3.63) is 35.9 Å². The summed E-state index contributed by atoms with van der Waals surface area (Å²) in [5.74, 6) is -3.09. The lowest BCUT2D eigenvalue weighted by Gasteiger charge is -2.29. The Labute approximate surface area is 184 Å². The number of ether oxygens (including phenoxy) is 4. The zero-order valence-corrected chi connectivity index (χ0v) is 18.2. The van der Waals surface area contributed by atoms with Crippen molar-refractivity contribution >= 4 is 29.7 Å². The minimum absolute atomic E-state index is 0.116. The maximum absolute atomic E-state index is 13.4. The number of nitrogens with zero attached hydrogens (tertiary/aromatic N) is 1. The Morgan fingerprint density at radius 3 is 2.16 bits per heavy atom. The number of hydrogen-bond acceptors (Lipinski definition) is 9. The smallest absolute Gasteiger partial charge is 0.303 e. The molecule has 3 rings (SSSR count). The highest BCUT2D eigenvalue weighted by molar-refractivity contribution is 6.09. The Morgan fingerprint density at radius 2 is 1.59 bits per heavy atom. The second-order valence-electron chi connectivity index (χ2n) is 7.96. The molecule has 2 aliphatic heterocycles. The first-order valence-corrected chi connectivity index (χ1v) is 10.1. The molecule has 1 aromatic rings. The lowest BCUT2D eigenvalue weighted by molar-refractivity contribution is -0.173. The molecule has 0 spiro atoms. The molecular weight excluding hydrogens is 422 g/mol. The average molecular weight is 447 g/mol. The summed E-state index contributed by atoms with van der Waals surface area (Å²) in [5, 5.41) is 0. The maximum atomic E-state index is 13.4. The van der Waals surface area contributed by atoms with Gasteiger partial charge in [-0.1, -0.05) is 30.3 Å². The quantitative estimate of drug-likeness (QED) is 0.354. The van der Waals surface area contributed by atoms with Crippen molar-refractivity contribution in [1.82, 2.24) is 4.90 Å². The van der Waals surface area contributed by atoms with E-state index in [9.17, 15) is 24.0 Å². The van der Waals surface area contributed by atoms with E-state index in [0.29, 0.717) is 5.56 Å². The van der Waals surface area contributed by atoms with Gasteiger partial charge in [-0.3, -0.25) is 28.9 Å². The molecule has 0 N–H and O–H groups in total. The fraction of sp³-hybridized carbons (Fsp3) is 0.500. The third-order valence-corrected chi connectivity index (χ3v) is 5.47. The van der Waals surface area contributed by atoms with E-state index in [1.165, 1.54) is 6.92 Å². The summed E-state index contributed by atoms with van der Waals surface area (Å²) in [6.07, 6.45) is -5.00. The molecule has 1 aromatic carbocycles. The number of esters is 3. The Kier molecular flexibility index (Phi) is 6.63. The summed E-state index contributed by atoms with van der Waals surface area (Å²) in [5.41, 5.74) is -0.496. The molecular formula is C22H25NO9. The third kappa shape index (κ3) is 4.50. The van der Waals surface area contributed by atoms with Gasteiger partial charge in [-0.25, -0.2) is 0 Å². The van der Waals surface area contributed by atoms with Gasteiger partial charge in [0.15, 0.2) is 18.4 Å². The molecule has 32 heavy (non-hydrogen) atoms. The van der Waals surface area contributed by atoms with Crippen molar-refractivity contribution in [1.29, 1.82) is 0 Å². The molecule has 2 fully saturated rings. The number of imide groups is 1. The van der Waals surface area contributed by atoms with Gasteiger partial charge in [0, 0.05) is 27.2 Å². The van der Waals surface area contributed by atoms with Gasteiger partial charge in [0.25, 0.3) is 0 Å². The fourth-order valence-electron chi connectivity index (χ4n) is 4.03. The molecule has 2 aliphatic rings. The van der Waals surface area contributed by atoms with Crippen LogP contribution in [0, 0.1) is 0 Å². The number of likely N-dealkylation sites (tertiary alicyclic amines) is 1. The van der Waals surface area contributed by atoms with Crippen LogP contribution in [-0.4, -0.2) is 65.8 Å². The molecule has 2 amide bonds. The Hall–Kier alpha value is -3.27. The van der Waals surface area contributed by atoms with E-state index in [1.54, 1.807) is 37.3 Å². The minimum atomic E-state index is -1.35. The first-order valence-electron chi connectivity index (χ1n) is 10.1. The summed E-state index contributed by atoms with van der Waals surface area (Å²) in [7, 11) is 0. The number of carbonyl (C=O) groups is 5. The molecule has 2 saturated heterocycles. The van der Waals surface area contributed by atoms with Crippen molar-refractivity contribution in [2.24, 2.45) is 0 Å². The monoisotopic (exact) mass is 447 g/mol. The van der Waals surface area contributed by atoms with E-state index in [0.717, 1.165) is 18.7 Å². The minimum Gasteiger partial charge on any atom is -0.463 e. The first-order chi connectivity index (χ1) is 15.0. The average Bonchev–Trinajstić information content (AvgIpc) is 3.14. The van der Waals surface area contributed by atoms with Crippen molar-refractivity contribution in [3.8, 4) is 0 Å². The third-order valence-electron chi connectivity index (χ3n) is 5.47. The molecule has 0 aliphatic carbocycles. The standard InChI is InChI=1S/C22H25NO9/c1-12(24)29-11-16-18(30-13(2)25)19(31-14(3)26)20(32-16)23-17(27)10-22(4,21(23)28)15-8-6-5-7-9-15/h5-9,16,18-20H,10-11H2,1-4H3. The van der Waals surface area contributed by atoms with Gasteiger partial charge in [0.2, 0.25) is 11.8 Å². The molecule has 172 valence electrons. The molecule has 5 unspecified atom stereocenters. The van der Waals surface area contributed by atoms with Gasteiger partial charge >= 0.3 is 17.9 Å². The summed E-state index contributed by atoms with van der Waals surface area (Å²) < 4.78 is 21.4. The number of benzene rings is 1. The maximum Gasteiger partial charge on any atom is 0.303 e. The zero-order valence-electron chi connectivity index (χ0n) is 18.2. The van der Waals surface area contributed by atoms with Crippen LogP contribution in [0.15, 0.2) is 30.3 Å². The second-order valence-corrected chi connectivity index (χ2v) is 7.96. The van der Waals surface area contributed by atoms with Gasteiger partial charge in [-0.2, -0.15) is 0 Å². The highest BCUT2D eigenvalue weighted by Gasteiger charge is 2.59. The lowest BCUT2D eigenvalue weighted by atomic mass is 9.81. The van der Waals surface area contributed by atoms with E-state index >= 15 is 0 Å². The molecule has 0 bridgehead atoms. The van der Waals surface area contributed by atoms with Crippen LogP contribution in [0.5, 0.6) is 0 Å². The second kappa shape index (κ2) is 9.07. The van der Waals surface area contributed by atoms with Crippen molar-refractivity contribution in [2.75, 3.05) is 6.61 Å². The van der Waals surface area contributed by atoms with Gasteiger partial charge < -0.3 is 18.9 Å². The van der Waals surface area contributed by atoms with Crippen LogP contribution in [0.25, 0.3) is 0 Å². The van der Waals surface area contributed by atoms with Crippen LogP contribution in [0.3, 0.4) is 0 Å². The predicted octanol–water partition coefficient (Wildman–Crippen LogP) is 0.855. The fourth-order valence-corrected chi connectivity index (χ4v) is 4.03. The number of amides is 2. The van der Waals surface area contributed by atoms with Crippen LogP contribution in [0.1, 0.15) is 39.7 Å². The van der Waals surface area contributed by atoms with Gasteiger partial charge in [0.1, 0.15) is 12.7 Å². The summed E-state index contributed by atoms with van der Waals surface area (Å²) in [6, 6.07) is 8.82. The Morgan fingerprint density at radius 1 is 1.00 bits per heavy atom. The van der Waals surface area contributed by atoms with Crippen LogP contribution >= 0.6 is 0 Å². The topological polar surface area (TPSA) is 126 Å². The first kappa shape index (κ1) is 23.4. The van der Waals surface area contributed by atoms with Gasteiger partial charge in [-0.05, 0) is 12.5 Å².